The summed E-state index contributed by atoms with van der Waals surface area (Å²) in [6, 6.07) is 6.70. The van der Waals surface area contributed by atoms with Crippen LogP contribution in [0.2, 0.25) is 0 Å². The van der Waals surface area contributed by atoms with Gasteiger partial charge in [0.2, 0.25) is 5.91 Å². The fraction of sp³-hybridized carbons (Fsp3) is 0.625. The fourth-order valence-corrected chi connectivity index (χ4v) is 6.70. The quantitative estimate of drug-likeness (QED) is 0.562. The Morgan fingerprint density at radius 1 is 1.13 bits per heavy atom. The molecule has 1 aromatic rings. The number of nitrogens with one attached hydrogen (secondary N) is 1. The highest BCUT2D eigenvalue weighted by atomic mass is 32.2. The molecule has 0 unspecified atom stereocenters. The standard InChI is InChI=1S/C24H36N2O4S/c1-4-19(15-25)16-30-20-5-7-21(8-6-20)31(28,29)17-23-9-12-24(13-10-23,14-11-23)26-22(27)18(2)3/h4-8,18H,9-17,25H2,1-3H3,(H,26,27)/b19-4+. The second kappa shape index (κ2) is 9.33. The Morgan fingerprint density at radius 2 is 1.71 bits per heavy atom. The smallest absolute Gasteiger partial charge is 0.222 e. The molecule has 4 rings (SSSR count). The second-order valence-electron chi connectivity index (χ2n) is 9.59. The van der Waals surface area contributed by atoms with E-state index in [1.54, 1.807) is 24.3 Å². The molecule has 3 saturated carbocycles. The summed E-state index contributed by atoms with van der Waals surface area (Å²) in [7, 11) is -3.39. The van der Waals surface area contributed by atoms with Gasteiger partial charge in [0, 0.05) is 18.0 Å². The molecule has 3 aliphatic rings. The van der Waals surface area contributed by atoms with Crippen LogP contribution in [0, 0.1) is 11.3 Å². The summed E-state index contributed by atoms with van der Waals surface area (Å²) in [6.07, 6.45) is 7.05. The largest absolute Gasteiger partial charge is 0.489 e. The number of amides is 1. The minimum Gasteiger partial charge on any atom is -0.489 e. The lowest BCUT2D eigenvalue weighted by molar-refractivity contribution is -0.128. The molecule has 7 heteroatoms. The minimum atomic E-state index is -3.39. The Morgan fingerprint density at radius 3 is 2.19 bits per heavy atom. The molecule has 3 aliphatic carbocycles. The van der Waals surface area contributed by atoms with Crippen LogP contribution < -0.4 is 15.8 Å². The van der Waals surface area contributed by atoms with Crippen LogP contribution in [0.3, 0.4) is 0 Å². The third kappa shape index (κ3) is 5.50. The van der Waals surface area contributed by atoms with Crippen molar-refractivity contribution in [3.8, 4) is 5.75 Å². The van der Waals surface area contributed by atoms with Gasteiger partial charge >= 0.3 is 0 Å². The number of benzene rings is 1. The zero-order chi connectivity index (χ0) is 22.7. The van der Waals surface area contributed by atoms with Crippen LogP contribution in [0.15, 0.2) is 40.8 Å². The Balaban J connectivity index is 1.62. The highest BCUT2D eigenvalue weighted by Gasteiger charge is 2.51. The highest BCUT2D eigenvalue weighted by molar-refractivity contribution is 7.91. The molecule has 0 spiro atoms. The second-order valence-corrected chi connectivity index (χ2v) is 11.6. The lowest BCUT2D eigenvalue weighted by atomic mass is 9.58. The molecule has 0 radical (unpaired) electrons. The molecule has 0 atom stereocenters. The van der Waals surface area contributed by atoms with Crippen LogP contribution in [0.5, 0.6) is 5.75 Å². The number of hydrogen-bond acceptors (Lipinski definition) is 5. The van der Waals surface area contributed by atoms with E-state index in [0.29, 0.717) is 23.8 Å². The molecule has 3 fully saturated rings. The van der Waals surface area contributed by atoms with Crippen LogP contribution in [0.25, 0.3) is 0 Å². The summed E-state index contributed by atoms with van der Waals surface area (Å²) in [6.45, 7) is 6.56. The van der Waals surface area contributed by atoms with E-state index in [9.17, 15) is 13.2 Å². The Bertz CT molecular complexity index is 895. The van der Waals surface area contributed by atoms with Crippen molar-refractivity contribution in [3.05, 3.63) is 35.9 Å². The van der Waals surface area contributed by atoms with Gasteiger partial charge in [-0.15, -0.1) is 0 Å². The number of ether oxygens (including phenoxy) is 1. The van der Waals surface area contributed by atoms with Gasteiger partial charge in [0.1, 0.15) is 12.4 Å². The van der Waals surface area contributed by atoms with Crippen molar-refractivity contribution in [2.24, 2.45) is 17.1 Å². The number of rotatable bonds is 9. The molecule has 3 N–H and O–H groups in total. The van der Waals surface area contributed by atoms with Crippen molar-refractivity contribution in [2.45, 2.75) is 69.7 Å². The summed E-state index contributed by atoms with van der Waals surface area (Å²) in [5.74, 6) is 0.864. The summed E-state index contributed by atoms with van der Waals surface area (Å²) in [4.78, 5) is 12.5. The van der Waals surface area contributed by atoms with Crippen molar-refractivity contribution in [2.75, 3.05) is 18.9 Å². The van der Waals surface area contributed by atoms with E-state index in [4.69, 9.17) is 10.5 Å². The molecule has 0 aromatic heterocycles. The number of sulfone groups is 1. The lowest BCUT2D eigenvalue weighted by Crippen LogP contribution is -2.58. The fourth-order valence-electron chi connectivity index (χ4n) is 4.74. The summed E-state index contributed by atoms with van der Waals surface area (Å²) >= 11 is 0. The Hall–Kier alpha value is -1.86. The minimum absolute atomic E-state index is 0.0322. The van der Waals surface area contributed by atoms with Crippen LogP contribution in [0.4, 0.5) is 0 Å². The van der Waals surface area contributed by atoms with Crippen LogP contribution in [-0.2, 0) is 14.6 Å². The number of hydrogen-bond donors (Lipinski definition) is 2. The normalized spacial score (nSPS) is 26.2. The van der Waals surface area contributed by atoms with Gasteiger partial charge < -0.3 is 15.8 Å². The van der Waals surface area contributed by atoms with E-state index in [-0.39, 0.29) is 28.5 Å². The van der Waals surface area contributed by atoms with Gasteiger partial charge in [-0.25, -0.2) is 8.42 Å². The summed E-state index contributed by atoms with van der Waals surface area (Å²) in [5.41, 5.74) is 6.32. The van der Waals surface area contributed by atoms with Crippen LogP contribution in [0.1, 0.15) is 59.3 Å². The van der Waals surface area contributed by atoms with Crippen LogP contribution >= 0.6 is 0 Å². The van der Waals surface area contributed by atoms with E-state index in [1.165, 1.54) is 0 Å². The Labute approximate surface area is 186 Å². The van der Waals surface area contributed by atoms with E-state index < -0.39 is 9.84 Å². The first kappa shape index (κ1) is 23.8. The van der Waals surface area contributed by atoms with Gasteiger partial charge in [-0.05, 0) is 80.7 Å². The monoisotopic (exact) mass is 448 g/mol. The molecular formula is C24H36N2O4S. The molecule has 0 heterocycles. The highest BCUT2D eigenvalue weighted by Crippen LogP contribution is 2.53. The average molecular weight is 449 g/mol. The number of fused-ring (bicyclic) bond motifs is 3. The van der Waals surface area contributed by atoms with Crippen molar-refractivity contribution in [1.82, 2.24) is 5.32 Å². The number of carbonyl (C=O) groups is 1. The third-order valence-electron chi connectivity index (χ3n) is 7.09. The van der Waals surface area contributed by atoms with Crippen molar-refractivity contribution in [3.63, 3.8) is 0 Å². The predicted molar refractivity (Wildman–Crippen MR) is 123 cm³/mol. The third-order valence-corrected chi connectivity index (χ3v) is 9.07. The van der Waals surface area contributed by atoms with E-state index >= 15 is 0 Å². The molecule has 31 heavy (non-hydrogen) atoms. The summed E-state index contributed by atoms with van der Waals surface area (Å²) < 4.78 is 32.0. The zero-order valence-corrected chi connectivity index (χ0v) is 19.8. The average Bonchev–Trinajstić information content (AvgIpc) is 2.75. The van der Waals surface area contributed by atoms with Gasteiger partial charge in [0.25, 0.3) is 0 Å². The van der Waals surface area contributed by atoms with E-state index in [2.05, 4.69) is 5.32 Å². The number of nitrogens with two attached hydrogens (primary N) is 1. The van der Waals surface area contributed by atoms with E-state index in [0.717, 1.165) is 44.1 Å². The van der Waals surface area contributed by atoms with Crippen molar-refractivity contribution < 1.29 is 17.9 Å². The van der Waals surface area contributed by atoms with Crippen molar-refractivity contribution in [1.29, 1.82) is 0 Å². The maximum atomic E-state index is 13.2. The molecule has 6 nitrogen and oxygen atoms in total. The maximum Gasteiger partial charge on any atom is 0.222 e. The van der Waals surface area contributed by atoms with Gasteiger partial charge in [0.15, 0.2) is 9.84 Å². The van der Waals surface area contributed by atoms with Gasteiger partial charge in [-0.2, -0.15) is 0 Å². The molecule has 1 aromatic carbocycles. The first-order chi connectivity index (χ1) is 14.6. The SMILES string of the molecule is C/C=C(\CN)COc1ccc(S(=O)(=O)CC23CCC(NC(=O)C(C)C)(CC2)CC3)cc1. The lowest BCUT2D eigenvalue weighted by Gasteiger charge is -2.53. The van der Waals surface area contributed by atoms with Gasteiger partial charge in [-0.3, -0.25) is 4.79 Å². The molecule has 172 valence electrons. The predicted octanol–water partition coefficient (Wildman–Crippen LogP) is 3.61. The maximum absolute atomic E-state index is 13.2. The van der Waals surface area contributed by atoms with E-state index in [1.807, 2.05) is 26.8 Å². The molecule has 0 saturated heterocycles. The first-order valence-corrected chi connectivity index (χ1v) is 12.9. The first-order valence-electron chi connectivity index (χ1n) is 11.2. The summed E-state index contributed by atoms with van der Waals surface area (Å²) in [5, 5.41) is 3.25. The van der Waals surface area contributed by atoms with Gasteiger partial charge in [-0.1, -0.05) is 19.9 Å². The molecule has 1 amide bonds. The van der Waals surface area contributed by atoms with Crippen LogP contribution in [-0.4, -0.2) is 38.8 Å². The number of allylic oxidation sites excluding steroid dienone is 1. The number of carbonyl (C=O) groups excluding carboxylic acids is 1. The topological polar surface area (TPSA) is 98.5 Å². The molecule has 2 bridgehead atoms. The molecular weight excluding hydrogens is 412 g/mol. The molecule has 0 aliphatic heterocycles. The zero-order valence-electron chi connectivity index (χ0n) is 18.9. The van der Waals surface area contributed by atoms with Crippen molar-refractivity contribution >= 4 is 15.7 Å². The Kier molecular flexibility index (Phi) is 7.16. The van der Waals surface area contributed by atoms with Gasteiger partial charge in [0.05, 0.1) is 10.6 Å².